The van der Waals surface area contributed by atoms with Gasteiger partial charge in [0.1, 0.15) is 0 Å². The van der Waals surface area contributed by atoms with Crippen molar-refractivity contribution in [2.45, 2.75) is 6.54 Å². The van der Waals surface area contributed by atoms with E-state index in [-0.39, 0.29) is 11.5 Å². The molecule has 0 radical (unpaired) electrons. The minimum atomic E-state index is -0.239. The lowest BCUT2D eigenvalue weighted by molar-refractivity contribution is 0.102. The summed E-state index contributed by atoms with van der Waals surface area (Å²) in [7, 11) is 0. The molecule has 5 heteroatoms. The summed E-state index contributed by atoms with van der Waals surface area (Å²) >= 11 is 6.22. The molecule has 0 unspecified atom stereocenters. The molecule has 4 rings (SSSR count). The second kappa shape index (κ2) is 8.80. The molecule has 0 aliphatic carbocycles. The van der Waals surface area contributed by atoms with Crippen molar-refractivity contribution in [3.05, 3.63) is 124 Å². The number of carbonyl (C=O) groups is 1. The summed E-state index contributed by atoms with van der Waals surface area (Å²) < 4.78 is 1.53. The Morgan fingerprint density at radius 3 is 2.33 bits per heavy atom. The van der Waals surface area contributed by atoms with Gasteiger partial charge in [0.2, 0.25) is 0 Å². The highest BCUT2D eigenvalue weighted by Crippen LogP contribution is 2.24. The molecule has 4 nitrogen and oxygen atoms in total. The summed E-state index contributed by atoms with van der Waals surface area (Å²) in [6.45, 7) is 0.322. The molecule has 0 atom stereocenters. The van der Waals surface area contributed by atoms with Crippen molar-refractivity contribution in [1.82, 2.24) is 4.57 Å². The number of amides is 1. The van der Waals surface area contributed by atoms with E-state index in [1.165, 1.54) is 10.6 Å². The molecule has 148 valence electrons. The minimum absolute atomic E-state index is 0.169. The second-order valence-electron chi connectivity index (χ2n) is 6.84. The number of aromatic nitrogens is 1. The van der Waals surface area contributed by atoms with Crippen molar-refractivity contribution < 1.29 is 4.79 Å². The van der Waals surface area contributed by atoms with Crippen LogP contribution in [0.3, 0.4) is 0 Å². The first-order chi connectivity index (χ1) is 14.6. The van der Waals surface area contributed by atoms with Crippen molar-refractivity contribution in [2.75, 3.05) is 5.32 Å². The Balaban J connectivity index is 1.61. The predicted molar refractivity (Wildman–Crippen MR) is 121 cm³/mol. The van der Waals surface area contributed by atoms with E-state index in [1.54, 1.807) is 24.4 Å². The highest BCUT2D eigenvalue weighted by Gasteiger charge is 2.13. The van der Waals surface area contributed by atoms with E-state index in [0.717, 1.165) is 16.7 Å². The average Bonchev–Trinajstić information content (AvgIpc) is 2.78. The van der Waals surface area contributed by atoms with Gasteiger partial charge in [0, 0.05) is 22.8 Å². The Hall–Kier alpha value is -3.63. The molecule has 1 amide bonds. The summed E-state index contributed by atoms with van der Waals surface area (Å²) in [5.74, 6) is -0.239. The highest BCUT2D eigenvalue weighted by atomic mass is 35.5. The van der Waals surface area contributed by atoms with E-state index in [1.807, 2.05) is 66.7 Å². The molecule has 0 bridgehead atoms. The number of anilines is 1. The van der Waals surface area contributed by atoms with Crippen molar-refractivity contribution in [3.63, 3.8) is 0 Å². The van der Waals surface area contributed by atoms with Gasteiger partial charge < -0.3 is 9.88 Å². The molecule has 0 saturated carbocycles. The molecule has 4 aromatic rings. The Bertz CT molecular complexity index is 1250. The van der Waals surface area contributed by atoms with Gasteiger partial charge >= 0.3 is 0 Å². The monoisotopic (exact) mass is 414 g/mol. The molecule has 1 N–H and O–H groups in total. The fraction of sp³-hybridized carbons (Fsp3) is 0.0400. The zero-order valence-corrected chi connectivity index (χ0v) is 16.8. The molecular formula is C25H19ClN2O2. The van der Waals surface area contributed by atoms with Crippen LogP contribution in [-0.2, 0) is 6.54 Å². The van der Waals surface area contributed by atoms with Gasteiger partial charge in [0.15, 0.2) is 0 Å². The number of benzene rings is 3. The van der Waals surface area contributed by atoms with Crippen LogP contribution in [0.15, 0.2) is 102 Å². The fourth-order valence-electron chi connectivity index (χ4n) is 3.29. The van der Waals surface area contributed by atoms with Gasteiger partial charge in [-0.3, -0.25) is 9.59 Å². The zero-order valence-electron chi connectivity index (χ0n) is 16.1. The Labute approximate surface area is 179 Å². The maximum Gasteiger partial charge on any atom is 0.256 e. The number of halogens is 1. The molecule has 0 saturated heterocycles. The quantitative estimate of drug-likeness (QED) is 0.470. The maximum absolute atomic E-state index is 13.0. The first kappa shape index (κ1) is 19.7. The second-order valence-corrected chi connectivity index (χ2v) is 7.25. The van der Waals surface area contributed by atoms with Crippen LogP contribution in [-0.4, -0.2) is 10.5 Å². The Morgan fingerprint density at radius 2 is 1.53 bits per heavy atom. The van der Waals surface area contributed by atoms with Crippen LogP contribution in [0.2, 0.25) is 5.02 Å². The first-order valence-corrected chi connectivity index (χ1v) is 9.89. The SMILES string of the molecule is O=C(Nc1ccc(=O)n(Cc2ccccc2Cl)c1)c1ccccc1-c1ccccc1. The number of rotatable bonds is 5. The van der Waals surface area contributed by atoms with Crippen LogP contribution in [0.1, 0.15) is 15.9 Å². The van der Waals surface area contributed by atoms with Gasteiger partial charge in [-0.1, -0.05) is 78.3 Å². The van der Waals surface area contributed by atoms with Gasteiger partial charge in [0.25, 0.3) is 11.5 Å². The smallest absolute Gasteiger partial charge is 0.256 e. The summed E-state index contributed by atoms with van der Waals surface area (Å²) in [5.41, 5.74) is 3.57. The van der Waals surface area contributed by atoms with Crippen molar-refractivity contribution in [1.29, 1.82) is 0 Å². The summed E-state index contributed by atoms with van der Waals surface area (Å²) in [6, 6.07) is 27.6. The minimum Gasteiger partial charge on any atom is -0.321 e. The van der Waals surface area contributed by atoms with Crippen molar-refractivity contribution in [3.8, 4) is 11.1 Å². The third-order valence-electron chi connectivity index (χ3n) is 4.80. The molecule has 0 aliphatic heterocycles. The Kier molecular flexibility index (Phi) is 5.77. The lowest BCUT2D eigenvalue weighted by Crippen LogP contribution is -2.21. The van der Waals surface area contributed by atoms with Crippen LogP contribution in [0.25, 0.3) is 11.1 Å². The molecule has 1 aromatic heterocycles. The van der Waals surface area contributed by atoms with Gasteiger partial charge in [-0.2, -0.15) is 0 Å². The number of hydrogen-bond donors (Lipinski definition) is 1. The molecule has 0 aliphatic rings. The van der Waals surface area contributed by atoms with Crippen molar-refractivity contribution >= 4 is 23.2 Å². The van der Waals surface area contributed by atoms with Gasteiger partial charge in [0.05, 0.1) is 12.2 Å². The molecule has 30 heavy (non-hydrogen) atoms. The summed E-state index contributed by atoms with van der Waals surface area (Å²) in [5, 5.41) is 3.50. The molecule has 0 spiro atoms. The Morgan fingerprint density at radius 1 is 0.833 bits per heavy atom. The third-order valence-corrected chi connectivity index (χ3v) is 5.17. The molecule has 1 heterocycles. The first-order valence-electron chi connectivity index (χ1n) is 9.51. The van der Waals surface area contributed by atoms with E-state index >= 15 is 0 Å². The normalized spacial score (nSPS) is 10.6. The van der Waals surface area contributed by atoms with Crippen LogP contribution < -0.4 is 10.9 Å². The molecule has 0 fully saturated rings. The van der Waals surface area contributed by atoms with Gasteiger partial charge in [-0.15, -0.1) is 0 Å². The largest absolute Gasteiger partial charge is 0.321 e. The third kappa shape index (κ3) is 4.34. The lowest BCUT2D eigenvalue weighted by Gasteiger charge is -2.12. The molecule has 3 aromatic carbocycles. The van der Waals surface area contributed by atoms with Crippen LogP contribution in [0.5, 0.6) is 0 Å². The number of hydrogen-bond acceptors (Lipinski definition) is 2. The standard InChI is InChI=1S/C25H19ClN2O2/c26-23-13-7-4-10-19(23)16-28-17-20(14-15-24(28)29)27-25(30)22-12-6-5-11-21(22)18-8-2-1-3-9-18/h1-15,17H,16H2,(H,27,30). The maximum atomic E-state index is 13.0. The fourth-order valence-corrected chi connectivity index (χ4v) is 3.48. The van der Waals surface area contributed by atoms with E-state index < -0.39 is 0 Å². The van der Waals surface area contributed by atoms with Gasteiger partial charge in [-0.25, -0.2) is 0 Å². The number of nitrogens with zero attached hydrogens (tertiary/aromatic N) is 1. The van der Waals surface area contributed by atoms with Gasteiger partial charge in [-0.05, 0) is 34.9 Å². The van der Waals surface area contributed by atoms with E-state index in [4.69, 9.17) is 11.6 Å². The summed E-state index contributed by atoms with van der Waals surface area (Å²) in [6.07, 6.45) is 1.63. The number of pyridine rings is 1. The average molecular weight is 415 g/mol. The van der Waals surface area contributed by atoms with Crippen LogP contribution >= 0.6 is 11.6 Å². The predicted octanol–water partition coefficient (Wildman–Crippen LogP) is 5.47. The van der Waals surface area contributed by atoms with Crippen LogP contribution in [0, 0.1) is 0 Å². The van der Waals surface area contributed by atoms with Crippen molar-refractivity contribution in [2.24, 2.45) is 0 Å². The van der Waals surface area contributed by atoms with Crippen LogP contribution in [0.4, 0.5) is 5.69 Å². The van der Waals surface area contributed by atoms with E-state index in [9.17, 15) is 9.59 Å². The molecular weight excluding hydrogens is 396 g/mol. The topological polar surface area (TPSA) is 51.1 Å². The van der Waals surface area contributed by atoms with E-state index in [0.29, 0.717) is 22.8 Å². The number of nitrogens with one attached hydrogen (secondary N) is 1. The van der Waals surface area contributed by atoms with E-state index in [2.05, 4.69) is 5.32 Å². The zero-order chi connectivity index (χ0) is 20.9. The number of carbonyl (C=O) groups excluding carboxylic acids is 1. The lowest BCUT2D eigenvalue weighted by atomic mass is 9.99. The highest BCUT2D eigenvalue weighted by molar-refractivity contribution is 6.31. The summed E-state index contributed by atoms with van der Waals surface area (Å²) in [4.78, 5) is 25.3.